The van der Waals surface area contributed by atoms with Crippen molar-refractivity contribution in [3.05, 3.63) is 59.1 Å². The summed E-state index contributed by atoms with van der Waals surface area (Å²) in [5, 5.41) is 0.656. The standard InChI is InChI=1S/C19H19ClN2O3/c20-16-2-1-3-17(12-16)21-13-15-4-6-18(7-5-15)25-14-19(23)22-8-10-24-11-9-22/h1-7,12-13H,8-11,14H2. The van der Waals surface area contributed by atoms with Crippen molar-refractivity contribution in [1.82, 2.24) is 4.90 Å². The van der Waals surface area contributed by atoms with Crippen molar-refractivity contribution in [2.75, 3.05) is 32.9 Å². The molecule has 0 atom stereocenters. The molecular formula is C19H19ClN2O3. The third kappa shape index (κ3) is 5.31. The molecule has 6 heteroatoms. The Morgan fingerprint density at radius 3 is 2.68 bits per heavy atom. The maximum atomic E-state index is 12.0. The molecule has 1 heterocycles. The van der Waals surface area contributed by atoms with Crippen LogP contribution in [0.15, 0.2) is 53.5 Å². The van der Waals surface area contributed by atoms with Gasteiger partial charge in [0.2, 0.25) is 0 Å². The monoisotopic (exact) mass is 358 g/mol. The van der Waals surface area contributed by atoms with Crippen LogP contribution in [0.3, 0.4) is 0 Å². The number of ether oxygens (including phenoxy) is 2. The topological polar surface area (TPSA) is 51.1 Å². The molecule has 1 amide bonds. The number of aliphatic imine (C=N–C) groups is 1. The molecular weight excluding hydrogens is 340 g/mol. The predicted octanol–water partition coefficient (Wildman–Crippen LogP) is 3.33. The van der Waals surface area contributed by atoms with Gasteiger partial charge >= 0.3 is 0 Å². The Morgan fingerprint density at radius 1 is 1.20 bits per heavy atom. The van der Waals surface area contributed by atoms with Gasteiger partial charge in [0.25, 0.3) is 5.91 Å². The second kappa shape index (κ2) is 8.65. The van der Waals surface area contributed by atoms with Gasteiger partial charge in [-0.15, -0.1) is 0 Å². The molecule has 2 aromatic carbocycles. The number of carbonyl (C=O) groups is 1. The first-order valence-electron chi connectivity index (χ1n) is 8.09. The first kappa shape index (κ1) is 17.5. The highest BCUT2D eigenvalue weighted by molar-refractivity contribution is 6.30. The lowest BCUT2D eigenvalue weighted by molar-refractivity contribution is -0.137. The average molecular weight is 359 g/mol. The smallest absolute Gasteiger partial charge is 0.260 e. The molecule has 1 aliphatic rings. The number of halogens is 1. The van der Waals surface area contributed by atoms with Crippen molar-refractivity contribution in [3.63, 3.8) is 0 Å². The van der Waals surface area contributed by atoms with Crippen molar-refractivity contribution >= 4 is 29.4 Å². The fourth-order valence-electron chi connectivity index (χ4n) is 2.40. The molecule has 2 aromatic rings. The minimum Gasteiger partial charge on any atom is -0.484 e. The van der Waals surface area contributed by atoms with E-state index >= 15 is 0 Å². The molecule has 0 bridgehead atoms. The van der Waals surface area contributed by atoms with Crippen molar-refractivity contribution in [2.45, 2.75) is 0 Å². The normalized spacial score (nSPS) is 14.7. The highest BCUT2D eigenvalue weighted by Crippen LogP contribution is 2.18. The molecule has 130 valence electrons. The zero-order chi connectivity index (χ0) is 17.5. The minimum absolute atomic E-state index is 0.0186. The van der Waals surface area contributed by atoms with Crippen molar-refractivity contribution in [3.8, 4) is 5.75 Å². The van der Waals surface area contributed by atoms with Gasteiger partial charge in [0.15, 0.2) is 6.61 Å². The molecule has 1 aliphatic heterocycles. The summed E-state index contributed by atoms with van der Waals surface area (Å²) < 4.78 is 10.8. The van der Waals surface area contributed by atoms with E-state index in [1.54, 1.807) is 17.2 Å². The number of hydrogen-bond acceptors (Lipinski definition) is 4. The van der Waals surface area contributed by atoms with Gasteiger partial charge < -0.3 is 14.4 Å². The molecule has 0 unspecified atom stereocenters. The number of benzene rings is 2. The maximum absolute atomic E-state index is 12.0. The summed E-state index contributed by atoms with van der Waals surface area (Å²) in [5.74, 6) is 0.636. The fraction of sp³-hybridized carbons (Fsp3) is 0.263. The van der Waals surface area contributed by atoms with Crippen LogP contribution in [0.4, 0.5) is 5.69 Å². The van der Waals surface area contributed by atoms with Gasteiger partial charge in [0.1, 0.15) is 5.75 Å². The van der Waals surface area contributed by atoms with E-state index in [0.717, 1.165) is 11.3 Å². The summed E-state index contributed by atoms with van der Waals surface area (Å²) in [5.41, 5.74) is 1.73. The van der Waals surface area contributed by atoms with Gasteiger partial charge in [-0.2, -0.15) is 0 Å². The Bertz CT molecular complexity index is 741. The highest BCUT2D eigenvalue weighted by Gasteiger charge is 2.16. The van der Waals surface area contributed by atoms with Gasteiger partial charge in [-0.25, -0.2) is 0 Å². The molecule has 25 heavy (non-hydrogen) atoms. The lowest BCUT2D eigenvalue weighted by Crippen LogP contribution is -2.42. The second-order valence-electron chi connectivity index (χ2n) is 5.59. The molecule has 0 spiro atoms. The quantitative estimate of drug-likeness (QED) is 0.770. The third-order valence-corrected chi connectivity index (χ3v) is 4.01. The number of morpholine rings is 1. The summed E-state index contributed by atoms with van der Waals surface area (Å²) in [4.78, 5) is 18.2. The summed E-state index contributed by atoms with van der Waals surface area (Å²) in [6, 6.07) is 14.8. The number of carbonyl (C=O) groups excluding carboxylic acids is 1. The van der Waals surface area contributed by atoms with Crippen LogP contribution in [0.25, 0.3) is 0 Å². The van der Waals surface area contributed by atoms with Crippen LogP contribution in [0.1, 0.15) is 5.56 Å². The Balaban J connectivity index is 1.52. The molecule has 0 N–H and O–H groups in total. The maximum Gasteiger partial charge on any atom is 0.260 e. The van der Waals surface area contributed by atoms with Gasteiger partial charge in [-0.05, 0) is 48.0 Å². The van der Waals surface area contributed by atoms with Crippen LogP contribution in [0.5, 0.6) is 5.75 Å². The van der Waals surface area contributed by atoms with E-state index < -0.39 is 0 Å². The van der Waals surface area contributed by atoms with Crippen LogP contribution in [0, 0.1) is 0 Å². The Kier molecular flexibility index (Phi) is 6.04. The second-order valence-corrected chi connectivity index (χ2v) is 6.03. The van der Waals surface area contributed by atoms with Crippen LogP contribution < -0.4 is 4.74 Å². The van der Waals surface area contributed by atoms with Gasteiger partial charge in [0.05, 0.1) is 18.9 Å². The number of amides is 1. The number of rotatable bonds is 5. The fourth-order valence-corrected chi connectivity index (χ4v) is 2.59. The summed E-state index contributed by atoms with van der Waals surface area (Å²) in [6.07, 6.45) is 1.76. The first-order valence-corrected chi connectivity index (χ1v) is 8.46. The SMILES string of the molecule is O=C(COc1ccc(C=Nc2cccc(Cl)c2)cc1)N1CCOCC1. The summed E-state index contributed by atoms with van der Waals surface area (Å²) >= 11 is 5.94. The van der Waals surface area contributed by atoms with Gasteiger partial charge in [-0.3, -0.25) is 9.79 Å². The minimum atomic E-state index is -0.0186. The first-order chi connectivity index (χ1) is 12.2. The summed E-state index contributed by atoms with van der Waals surface area (Å²) in [7, 11) is 0. The van der Waals surface area contributed by atoms with Crippen molar-refractivity contribution in [1.29, 1.82) is 0 Å². The molecule has 0 saturated carbocycles. The summed E-state index contributed by atoms with van der Waals surface area (Å²) in [6.45, 7) is 2.47. The van der Waals surface area contributed by atoms with E-state index in [4.69, 9.17) is 21.1 Å². The Labute approximate surface area is 151 Å². The van der Waals surface area contributed by atoms with E-state index in [-0.39, 0.29) is 12.5 Å². The zero-order valence-corrected chi connectivity index (χ0v) is 14.5. The third-order valence-electron chi connectivity index (χ3n) is 3.78. The Morgan fingerprint density at radius 2 is 1.96 bits per heavy atom. The van der Waals surface area contributed by atoms with Gasteiger partial charge in [0, 0.05) is 24.3 Å². The predicted molar refractivity (Wildman–Crippen MR) is 98.0 cm³/mol. The highest BCUT2D eigenvalue weighted by atomic mass is 35.5. The van der Waals surface area contributed by atoms with Crippen LogP contribution in [-0.4, -0.2) is 49.9 Å². The molecule has 3 rings (SSSR count). The lowest BCUT2D eigenvalue weighted by atomic mass is 10.2. The van der Waals surface area contributed by atoms with E-state index in [9.17, 15) is 4.79 Å². The largest absolute Gasteiger partial charge is 0.484 e. The zero-order valence-electron chi connectivity index (χ0n) is 13.7. The molecule has 0 aliphatic carbocycles. The molecule has 1 fully saturated rings. The van der Waals surface area contributed by atoms with E-state index in [1.807, 2.05) is 42.5 Å². The van der Waals surface area contributed by atoms with E-state index in [1.165, 1.54) is 0 Å². The van der Waals surface area contributed by atoms with E-state index in [0.29, 0.717) is 37.1 Å². The van der Waals surface area contributed by atoms with Gasteiger partial charge in [-0.1, -0.05) is 17.7 Å². The molecule has 1 saturated heterocycles. The van der Waals surface area contributed by atoms with Crippen molar-refractivity contribution in [2.24, 2.45) is 4.99 Å². The number of nitrogens with zero attached hydrogens (tertiary/aromatic N) is 2. The Hall–Kier alpha value is -2.37. The number of hydrogen-bond donors (Lipinski definition) is 0. The average Bonchev–Trinajstić information content (AvgIpc) is 2.66. The molecule has 0 radical (unpaired) electrons. The van der Waals surface area contributed by atoms with Crippen molar-refractivity contribution < 1.29 is 14.3 Å². The van der Waals surface area contributed by atoms with Crippen LogP contribution in [-0.2, 0) is 9.53 Å². The lowest BCUT2D eigenvalue weighted by Gasteiger charge is -2.26. The van der Waals surface area contributed by atoms with E-state index in [2.05, 4.69) is 4.99 Å². The van der Waals surface area contributed by atoms with Crippen LogP contribution >= 0.6 is 11.6 Å². The van der Waals surface area contributed by atoms with Crippen LogP contribution in [0.2, 0.25) is 5.02 Å². The molecule has 0 aromatic heterocycles. The molecule has 5 nitrogen and oxygen atoms in total.